The van der Waals surface area contributed by atoms with Gasteiger partial charge in [0.2, 0.25) is 0 Å². The molecule has 0 amide bonds. The molecule has 0 heterocycles. The number of hydrogen-bond donors (Lipinski definition) is 1. The molecule has 0 fully saturated rings. The van der Waals surface area contributed by atoms with E-state index in [2.05, 4.69) is 6.26 Å². The minimum atomic E-state index is -3.92. The first-order chi connectivity index (χ1) is 2.00. The summed E-state index contributed by atoms with van der Waals surface area (Å²) in [6, 6.07) is 0. The fraction of sp³-hybridized carbons (Fsp3) is 0. The summed E-state index contributed by atoms with van der Waals surface area (Å²) in [6.45, 7) is 0. The summed E-state index contributed by atoms with van der Waals surface area (Å²) in [4.78, 5) is 0. The van der Waals surface area contributed by atoms with Crippen molar-refractivity contribution in [2.24, 2.45) is 0 Å². The third-order valence-electron chi connectivity index (χ3n) is 0. The smallest absolute Gasteiger partial charge is 0.131 e. The van der Waals surface area contributed by atoms with Gasteiger partial charge in [0.25, 0.3) is 0 Å². The van der Waals surface area contributed by atoms with Gasteiger partial charge in [-0.15, -0.1) is 0 Å². The zero-order valence-electron chi connectivity index (χ0n) is 2.96. The molecule has 0 aliphatic rings. The Hall–Kier alpha value is 1.01. The molecule has 35 valence electrons. The van der Waals surface area contributed by atoms with Crippen molar-refractivity contribution in [1.29, 1.82) is 0 Å². The van der Waals surface area contributed by atoms with Crippen LogP contribution in [0.5, 0.6) is 0 Å². The molecule has 0 saturated heterocycles. The Morgan fingerprint density at radius 2 is 1.50 bits per heavy atom. The molecule has 0 aromatic heterocycles. The third kappa shape index (κ3) is 78.6. The van der Waals surface area contributed by atoms with E-state index in [1.165, 1.54) is 0 Å². The summed E-state index contributed by atoms with van der Waals surface area (Å²) >= 11 is 0. The number of hydrogen-bond acceptors (Lipinski definition) is 2. The van der Waals surface area contributed by atoms with Crippen LogP contribution in [0.2, 0.25) is 0 Å². The van der Waals surface area contributed by atoms with Crippen LogP contribution in [0.1, 0.15) is 0 Å². The first-order valence-electron chi connectivity index (χ1n) is 0.805. The van der Waals surface area contributed by atoms with Gasteiger partial charge in [0.15, 0.2) is 0 Å². The van der Waals surface area contributed by atoms with Crippen LogP contribution in [-0.4, -0.2) is 13.0 Å². The molecule has 3 nitrogen and oxygen atoms in total. The fourth-order valence-electron chi connectivity index (χ4n) is 0. The van der Waals surface area contributed by atoms with Gasteiger partial charge in [0.05, 0.1) is 0 Å². The van der Waals surface area contributed by atoms with Crippen molar-refractivity contribution >= 4 is 10.1 Å². The van der Waals surface area contributed by atoms with Crippen molar-refractivity contribution in [3.8, 4) is 0 Å². The number of rotatable bonds is 0. The van der Waals surface area contributed by atoms with Crippen LogP contribution >= 0.6 is 0 Å². The van der Waals surface area contributed by atoms with Gasteiger partial charge in [-0.3, -0.25) is 0 Å². The molecule has 0 rings (SSSR count). The van der Waals surface area contributed by atoms with E-state index < -0.39 is 10.1 Å². The minimum Gasteiger partial charge on any atom is -0.310 e. The molecule has 0 saturated carbocycles. The van der Waals surface area contributed by atoms with E-state index in [-0.39, 0.29) is 32.7 Å². The van der Waals surface area contributed by atoms with Gasteiger partial charge < -0.3 is 4.55 Å². The van der Waals surface area contributed by atoms with Gasteiger partial charge >= 0.3 is 0 Å². The average Bonchev–Trinajstić information content (AvgIpc) is 0.722. The Bertz CT molecular complexity index is 94.0. The predicted molar refractivity (Wildman–Crippen MR) is 16.9 cm³/mol. The van der Waals surface area contributed by atoms with E-state index in [9.17, 15) is 0 Å². The standard InChI is InChI=1S/CH3O3S.Y/c1-5(2,3)4;/h1H2,(H,2,3,4);/q-1;. The fourth-order valence-corrected chi connectivity index (χ4v) is 0. The Morgan fingerprint density at radius 3 is 1.50 bits per heavy atom. The van der Waals surface area contributed by atoms with Crippen molar-refractivity contribution in [2.75, 3.05) is 0 Å². The first kappa shape index (κ1) is 10.1. The molecule has 0 unspecified atom stereocenters. The van der Waals surface area contributed by atoms with E-state index in [0.717, 1.165) is 0 Å². The molecule has 0 aliphatic carbocycles. The van der Waals surface area contributed by atoms with Gasteiger partial charge in [-0.05, 0) is 0 Å². The summed E-state index contributed by atoms with van der Waals surface area (Å²) in [5, 5.41) is 0. The van der Waals surface area contributed by atoms with Crippen molar-refractivity contribution < 1.29 is 45.7 Å². The van der Waals surface area contributed by atoms with Gasteiger partial charge in [0.1, 0.15) is 10.1 Å². The molecule has 0 aromatic rings. The maximum Gasteiger partial charge on any atom is 0.131 e. The van der Waals surface area contributed by atoms with Crippen LogP contribution in [0.25, 0.3) is 0 Å². The van der Waals surface area contributed by atoms with Crippen LogP contribution < -0.4 is 0 Å². The monoisotopic (exact) mass is 184 g/mol. The Labute approximate surface area is 61.8 Å². The Balaban J connectivity index is 0. The van der Waals surface area contributed by atoms with Crippen molar-refractivity contribution in [1.82, 2.24) is 0 Å². The van der Waals surface area contributed by atoms with Gasteiger partial charge in [0, 0.05) is 32.7 Å². The molecule has 0 aromatic carbocycles. The largest absolute Gasteiger partial charge is 0.310 e. The normalized spacial score (nSPS) is 9.67. The average molecular weight is 184 g/mol. The van der Waals surface area contributed by atoms with Crippen molar-refractivity contribution in [3.05, 3.63) is 6.26 Å². The van der Waals surface area contributed by atoms with Crippen LogP contribution in [0.15, 0.2) is 0 Å². The van der Waals surface area contributed by atoms with Gasteiger partial charge in [-0.2, -0.15) is 6.26 Å². The zero-order chi connectivity index (χ0) is 4.50. The van der Waals surface area contributed by atoms with Crippen LogP contribution in [0.3, 0.4) is 0 Å². The molecule has 0 atom stereocenters. The molecule has 1 radical (unpaired) electrons. The minimum absolute atomic E-state index is 0. The maximum absolute atomic E-state index is 9.08. The van der Waals surface area contributed by atoms with Crippen LogP contribution in [0, 0.1) is 6.26 Å². The zero-order valence-corrected chi connectivity index (χ0v) is 6.61. The first-order valence-corrected chi connectivity index (χ1v) is 2.41. The van der Waals surface area contributed by atoms with E-state index in [4.69, 9.17) is 13.0 Å². The second-order valence-electron chi connectivity index (χ2n) is 0.582. The predicted octanol–water partition coefficient (Wildman–Crippen LogP) is -0.337. The second-order valence-corrected chi connectivity index (χ2v) is 1.75. The Morgan fingerprint density at radius 1 is 1.50 bits per heavy atom. The molecule has 1 N–H and O–H groups in total. The molecule has 5 heteroatoms. The van der Waals surface area contributed by atoms with Crippen molar-refractivity contribution in [2.45, 2.75) is 0 Å². The molecule has 0 bridgehead atoms. The van der Waals surface area contributed by atoms with E-state index in [1.807, 2.05) is 0 Å². The van der Waals surface area contributed by atoms with E-state index in [0.29, 0.717) is 0 Å². The van der Waals surface area contributed by atoms with Crippen molar-refractivity contribution in [3.63, 3.8) is 0 Å². The molecule has 0 aliphatic heterocycles. The van der Waals surface area contributed by atoms with Crippen LogP contribution in [0.4, 0.5) is 0 Å². The summed E-state index contributed by atoms with van der Waals surface area (Å²) < 4.78 is 25.5. The SMILES string of the molecule is [CH2-]S(=O)(=O)O.[Y]. The Kier molecular flexibility index (Phi) is 5.17. The summed E-state index contributed by atoms with van der Waals surface area (Å²) in [6.07, 6.45) is 2.30. The topological polar surface area (TPSA) is 54.4 Å². The molecule has 0 spiro atoms. The molecular formula is CH3O3SY-. The maximum atomic E-state index is 9.08. The van der Waals surface area contributed by atoms with E-state index in [1.54, 1.807) is 0 Å². The third-order valence-corrected chi connectivity index (χ3v) is 0. The van der Waals surface area contributed by atoms with Gasteiger partial charge in [-0.25, -0.2) is 8.42 Å². The molecular weight excluding hydrogens is 181 g/mol. The van der Waals surface area contributed by atoms with Gasteiger partial charge in [-0.1, -0.05) is 0 Å². The summed E-state index contributed by atoms with van der Waals surface area (Å²) in [5.74, 6) is 0. The summed E-state index contributed by atoms with van der Waals surface area (Å²) in [5.41, 5.74) is 0. The molecule has 6 heavy (non-hydrogen) atoms. The second kappa shape index (κ2) is 3.07. The van der Waals surface area contributed by atoms with E-state index >= 15 is 0 Å². The van der Waals surface area contributed by atoms with Crippen LogP contribution in [-0.2, 0) is 42.8 Å². The quantitative estimate of drug-likeness (QED) is 0.414. The summed E-state index contributed by atoms with van der Waals surface area (Å²) in [7, 11) is -3.92.